The Labute approximate surface area is 92.0 Å². The summed E-state index contributed by atoms with van der Waals surface area (Å²) in [6, 6.07) is 0.275. The van der Waals surface area contributed by atoms with Crippen molar-refractivity contribution in [3.05, 3.63) is 0 Å². The van der Waals surface area contributed by atoms with Gasteiger partial charge in [-0.2, -0.15) is 0 Å². The van der Waals surface area contributed by atoms with Crippen molar-refractivity contribution in [3.63, 3.8) is 0 Å². The molecule has 0 aromatic carbocycles. The van der Waals surface area contributed by atoms with Gasteiger partial charge in [0.05, 0.1) is 12.2 Å². The fourth-order valence-electron chi connectivity index (χ4n) is 1.75. The summed E-state index contributed by atoms with van der Waals surface area (Å²) >= 11 is 0. The molecule has 1 N–H and O–H groups in total. The van der Waals surface area contributed by atoms with Crippen molar-refractivity contribution in [2.45, 2.75) is 52.4 Å². The van der Waals surface area contributed by atoms with Gasteiger partial charge in [-0.1, -0.05) is 6.92 Å². The second kappa shape index (κ2) is 5.35. The molecule has 1 saturated heterocycles. The van der Waals surface area contributed by atoms with Crippen LogP contribution >= 0.6 is 0 Å². The van der Waals surface area contributed by atoms with Crippen molar-refractivity contribution in [2.75, 3.05) is 13.1 Å². The summed E-state index contributed by atoms with van der Waals surface area (Å²) in [7, 11) is 0. The molecule has 2 amide bonds. The first kappa shape index (κ1) is 12.3. The number of carbonyl (C=O) groups excluding carboxylic acids is 1. The van der Waals surface area contributed by atoms with Gasteiger partial charge in [-0.05, 0) is 27.2 Å². The average molecular weight is 214 g/mol. The van der Waals surface area contributed by atoms with Crippen LogP contribution in [0.5, 0.6) is 0 Å². The number of amides is 2. The lowest BCUT2D eigenvalue weighted by Crippen LogP contribution is -2.53. The fraction of sp³-hybridized carbons (Fsp3) is 0.909. The van der Waals surface area contributed by atoms with Gasteiger partial charge in [0.15, 0.2) is 0 Å². The van der Waals surface area contributed by atoms with Crippen LogP contribution in [0, 0.1) is 0 Å². The van der Waals surface area contributed by atoms with Gasteiger partial charge < -0.3 is 15.0 Å². The van der Waals surface area contributed by atoms with E-state index in [1.165, 1.54) is 0 Å². The third-order valence-electron chi connectivity index (χ3n) is 2.69. The number of hydrogen-bond donors (Lipinski definition) is 1. The van der Waals surface area contributed by atoms with Crippen molar-refractivity contribution in [1.82, 2.24) is 10.2 Å². The summed E-state index contributed by atoms with van der Waals surface area (Å²) in [4.78, 5) is 13.7. The second-order valence-electron chi connectivity index (χ2n) is 4.42. The van der Waals surface area contributed by atoms with Crippen molar-refractivity contribution >= 4 is 6.03 Å². The van der Waals surface area contributed by atoms with E-state index in [0.29, 0.717) is 13.1 Å². The molecule has 1 aliphatic heterocycles. The van der Waals surface area contributed by atoms with Crippen molar-refractivity contribution in [3.8, 4) is 0 Å². The highest BCUT2D eigenvalue weighted by Crippen LogP contribution is 2.10. The highest BCUT2D eigenvalue weighted by Gasteiger charge is 2.26. The molecule has 88 valence electrons. The van der Waals surface area contributed by atoms with E-state index in [1.54, 1.807) is 0 Å². The van der Waals surface area contributed by atoms with Crippen molar-refractivity contribution in [2.24, 2.45) is 0 Å². The fourth-order valence-corrected chi connectivity index (χ4v) is 1.75. The van der Waals surface area contributed by atoms with Crippen LogP contribution in [-0.2, 0) is 4.74 Å². The van der Waals surface area contributed by atoms with Crippen LogP contribution in [-0.4, -0.2) is 42.3 Å². The van der Waals surface area contributed by atoms with Gasteiger partial charge in [0, 0.05) is 19.1 Å². The third-order valence-corrected chi connectivity index (χ3v) is 2.69. The van der Waals surface area contributed by atoms with Crippen LogP contribution in [0.15, 0.2) is 0 Å². The second-order valence-corrected chi connectivity index (χ2v) is 4.42. The Kier molecular flexibility index (Phi) is 4.39. The maximum Gasteiger partial charge on any atom is 0.317 e. The molecule has 15 heavy (non-hydrogen) atoms. The van der Waals surface area contributed by atoms with E-state index in [0.717, 1.165) is 6.42 Å². The molecule has 0 aromatic heterocycles. The predicted molar refractivity (Wildman–Crippen MR) is 59.9 cm³/mol. The van der Waals surface area contributed by atoms with Crippen LogP contribution in [0.1, 0.15) is 34.1 Å². The van der Waals surface area contributed by atoms with E-state index in [1.807, 2.05) is 25.7 Å². The summed E-state index contributed by atoms with van der Waals surface area (Å²) in [5, 5.41) is 2.97. The molecule has 1 aliphatic rings. The SMILES string of the molecule is CC[C@H](C)NC(=O)N1C[C@H](C)O[C@@H](C)C1. The van der Waals surface area contributed by atoms with Gasteiger partial charge in [-0.15, -0.1) is 0 Å². The molecule has 0 unspecified atom stereocenters. The van der Waals surface area contributed by atoms with E-state index in [2.05, 4.69) is 12.2 Å². The predicted octanol–water partition coefficient (Wildman–Crippen LogP) is 1.60. The van der Waals surface area contributed by atoms with Gasteiger partial charge in [0.1, 0.15) is 0 Å². The van der Waals surface area contributed by atoms with E-state index in [9.17, 15) is 4.79 Å². The minimum Gasteiger partial charge on any atom is -0.372 e. The van der Waals surface area contributed by atoms with Gasteiger partial charge in [0.25, 0.3) is 0 Å². The summed E-state index contributed by atoms with van der Waals surface area (Å²) in [5.41, 5.74) is 0. The maximum absolute atomic E-state index is 11.8. The van der Waals surface area contributed by atoms with E-state index >= 15 is 0 Å². The number of nitrogens with one attached hydrogen (secondary N) is 1. The molecule has 4 heteroatoms. The molecule has 4 nitrogen and oxygen atoms in total. The van der Waals surface area contributed by atoms with Crippen molar-refractivity contribution in [1.29, 1.82) is 0 Å². The molecule has 0 bridgehead atoms. The van der Waals surface area contributed by atoms with Crippen LogP contribution in [0.4, 0.5) is 4.79 Å². The Morgan fingerprint density at radius 1 is 1.47 bits per heavy atom. The molecule has 0 aromatic rings. The number of ether oxygens (including phenoxy) is 1. The molecule has 1 fully saturated rings. The summed E-state index contributed by atoms with van der Waals surface area (Å²) < 4.78 is 5.58. The van der Waals surface area contributed by atoms with Crippen molar-refractivity contribution < 1.29 is 9.53 Å². The molecule has 1 heterocycles. The number of carbonyl (C=O) groups is 1. The minimum atomic E-state index is 0.0337. The lowest BCUT2D eigenvalue weighted by Gasteiger charge is -2.35. The zero-order chi connectivity index (χ0) is 11.4. The monoisotopic (exact) mass is 214 g/mol. The Morgan fingerprint density at radius 2 is 2.00 bits per heavy atom. The smallest absolute Gasteiger partial charge is 0.317 e. The van der Waals surface area contributed by atoms with Gasteiger partial charge in [0.2, 0.25) is 0 Å². The molecule has 1 rings (SSSR count). The average Bonchev–Trinajstić information content (AvgIpc) is 2.16. The molecule has 0 radical (unpaired) electrons. The quantitative estimate of drug-likeness (QED) is 0.758. The van der Waals surface area contributed by atoms with Crippen LogP contribution in [0.25, 0.3) is 0 Å². The first-order valence-corrected chi connectivity index (χ1v) is 5.73. The Balaban J connectivity index is 2.44. The summed E-state index contributed by atoms with van der Waals surface area (Å²) in [6.07, 6.45) is 1.23. The summed E-state index contributed by atoms with van der Waals surface area (Å²) in [6.45, 7) is 9.46. The lowest BCUT2D eigenvalue weighted by molar-refractivity contribution is -0.0547. The first-order chi connectivity index (χ1) is 7.02. The number of morpholine rings is 1. The zero-order valence-corrected chi connectivity index (χ0v) is 10.1. The van der Waals surface area contributed by atoms with E-state index < -0.39 is 0 Å². The minimum absolute atomic E-state index is 0.0337. The zero-order valence-electron chi connectivity index (χ0n) is 10.1. The highest BCUT2D eigenvalue weighted by molar-refractivity contribution is 5.74. The van der Waals surface area contributed by atoms with E-state index in [-0.39, 0.29) is 24.3 Å². The molecule has 0 spiro atoms. The van der Waals surface area contributed by atoms with Crippen LogP contribution < -0.4 is 5.32 Å². The molecule has 0 aliphatic carbocycles. The normalized spacial score (nSPS) is 28.7. The summed E-state index contributed by atoms with van der Waals surface area (Å²) in [5.74, 6) is 0. The topological polar surface area (TPSA) is 41.6 Å². The molecule has 3 atom stereocenters. The molecular formula is C11H22N2O2. The number of rotatable bonds is 2. The Morgan fingerprint density at radius 3 is 2.47 bits per heavy atom. The Bertz CT molecular complexity index is 211. The first-order valence-electron chi connectivity index (χ1n) is 5.73. The number of nitrogens with zero attached hydrogens (tertiary/aromatic N) is 1. The number of urea groups is 1. The van der Waals surface area contributed by atoms with E-state index in [4.69, 9.17) is 4.74 Å². The standard InChI is InChI=1S/C11H22N2O2/c1-5-8(2)12-11(14)13-6-9(3)15-10(4)7-13/h8-10H,5-7H2,1-4H3,(H,12,14)/t8-,9-,10-/m0/s1. The molecule has 0 saturated carbocycles. The Hall–Kier alpha value is -0.770. The number of hydrogen-bond acceptors (Lipinski definition) is 2. The van der Waals surface area contributed by atoms with Crippen LogP contribution in [0.3, 0.4) is 0 Å². The van der Waals surface area contributed by atoms with Crippen LogP contribution in [0.2, 0.25) is 0 Å². The van der Waals surface area contributed by atoms with Gasteiger partial charge in [-0.25, -0.2) is 4.79 Å². The van der Waals surface area contributed by atoms with Gasteiger partial charge >= 0.3 is 6.03 Å². The highest BCUT2D eigenvalue weighted by atomic mass is 16.5. The molecular weight excluding hydrogens is 192 g/mol. The lowest BCUT2D eigenvalue weighted by atomic mass is 10.2. The third kappa shape index (κ3) is 3.70. The maximum atomic E-state index is 11.8. The van der Waals surface area contributed by atoms with Gasteiger partial charge in [-0.3, -0.25) is 0 Å². The largest absolute Gasteiger partial charge is 0.372 e.